The topological polar surface area (TPSA) is 93.5 Å². The zero-order chi connectivity index (χ0) is 22.0. The Labute approximate surface area is 178 Å². The van der Waals surface area contributed by atoms with Crippen molar-refractivity contribution in [3.63, 3.8) is 0 Å². The maximum atomic E-state index is 13.4. The number of hydrogen-bond donors (Lipinski definition) is 2. The summed E-state index contributed by atoms with van der Waals surface area (Å²) in [5.41, 5.74) is 0.640. The van der Waals surface area contributed by atoms with Crippen LogP contribution in [0.15, 0.2) is 77.7 Å². The molecule has 2 aromatic heterocycles. The van der Waals surface area contributed by atoms with Crippen LogP contribution in [0.5, 0.6) is 11.5 Å². The third kappa shape index (κ3) is 3.73. The molecule has 156 valence electrons. The van der Waals surface area contributed by atoms with Gasteiger partial charge in [0.15, 0.2) is 5.65 Å². The number of pyridine rings is 2. The summed E-state index contributed by atoms with van der Waals surface area (Å²) in [7, 11) is 1.55. The standard InChI is InChI=1S/C24H21N3O4/c1-15(16-7-4-3-5-8-16)26-23(29)20-21(28)19-9-6-14-25-22(19)27(24(20)30)17-10-12-18(31-2)13-11-17/h3-15,28H,1-2H3,(H,26,29). The van der Waals surface area contributed by atoms with Crippen LogP contribution < -0.4 is 15.6 Å². The SMILES string of the molecule is COc1ccc(-n2c(=O)c(C(=O)NC(C)c3ccccc3)c(O)c3cccnc32)cc1. The summed E-state index contributed by atoms with van der Waals surface area (Å²) in [5.74, 6) is -0.426. The third-order valence-corrected chi connectivity index (χ3v) is 5.11. The lowest BCUT2D eigenvalue weighted by atomic mass is 10.1. The molecule has 0 aliphatic heterocycles. The van der Waals surface area contributed by atoms with Crippen molar-refractivity contribution in [3.05, 3.63) is 94.4 Å². The molecule has 2 aromatic carbocycles. The van der Waals surface area contributed by atoms with Crippen LogP contribution in [-0.4, -0.2) is 27.7 Å². The van der Waals surface area contributed by atoms with Gasteiger partial charge in [-0.3, -0.25) is 14.2 Å². The first-order chi connectivity index (χ1) is 15.0. The number of aromatic nitrogens is 2. The maximum absolute atomic E-state index is 13.4. The van der Waals surface area contributed by atoms with Crippen LogP contribution in [0.2, 0.25) is 0 Å². The van der Waals surface area contributed by atoms with Gasteiger partial charge in [-0.25, -0.2) is 4.98 Å². The lowest BCUT2D eigenvalue weighted by molar-refractivity contribution is 0.0935. The summed E-state index contributed by atoms with van der Waals surface area (Å²) in [6.07, 6.45) is 1.53. The molecule has 1 atom stereocenters. The number of ether oxygens (including phenoxy) is 1. The lowest BCUT2D eigenvalue weighted by Gasteiger charge is -2.17. The van der Waals surface area contributed by atoms with Crippen molar-refractivity contribution in [1.29, 1.82) is 0 Å². The third-order valence-electron chi connectivity index (χ3n) is 5.11. The summed E-state index contributed by atoms with van der Waals surface area (Å²) < 4.78 is 6.50. The average molecular weight is 415 g/mol. The Morgan fingerprint density at radius 3 is 2.45 bits per heavy atom. The second-order valence-electron chi connectivity index (χ2n) is 7.04. The molecule has 0 spiro atoms. The van der Waals surface area contributed by atoms with Gasteiger partial charge in [0.05, 0.1) is 24.2 Å². The first kappa shape index (κ1) is 20.2. The minimum absolute atomic E-state index is 0.253. The molecule has 7 nitrogen and oxygen atoms in total. The minimum Gasteiger partial charge on any atom is -0.506 e. The fourth-order valence-corrected chi connectivity index (χ4v) is 3.47. The van der Waals surface area contributed by atoms with Crippen LogP contribution in [0.1, 0.15) is 28.9 Å². The Balaban J connectivity index is 1.85. The fraction of sp³-hybridized carbons (Fsp3) is 0.125. The fourth-order valence-electron chi connectivity index (χ4n) is 3.47. The number of nitrogens with zero attached hydrogens (tertiary/aromatic N) is 2. The molecule has 0 aliphatic carbocycles. The summed E-state index contributed by atoms with van der Waals surface area (Å²) in [4.78, 5) is 30.7. The van der Waals surface area contributed by atoms with E-state index in [4.69, 9.17) is 4.74 Å². The molecule has 0 saturated carbocycles. The Kier molecular flexibility index (Phi) is 5.41. The molecule has 0 bridgehead atoms. The quantitative estimate of drug-likeness (QED) is 0.520. The van der Waals surface area contributed by atoms with E-state index in [1.165, 1.54) is 10.8 Å². The molecular weight excluding hydrogens is 394 g/mol. The summed E-state index contributed by atoms with van der Waals surface area (Å²) in [6.45, 7) is 1.81. The van der Waals surface area contributed by atoms with E-state index in [0.717, 1.165) is 5.56 Å². The predicted molar refractivity (Wildman–Crippen MR) is 118 cm³/mol. The number of carbonyl (C=O) groups excluding carboxylic acids is 1. The van der Waals surface area contributed by atoms with Gasteiger partial charge in [-0.1, -0.05) is 30.3 Å². The number of hydrogen-bond acceptors (Lipinski definition) is 5. The number of fused-ring (bicyclic) bond motifs is 1. The molecule has 4 rings (SSSR count). The number of carbonyl (C=O) groups is 1. The van der Waals surface area contributed by atoms with Crippen molar-refractivity contribution in [2.24, 2.45) is 0 Å². The van der Waals surface area contributed by atoms with E-state index in [-0.39, 0.29) is 17.3 Å². The van der Waals surface area contributed by atoms with E-state index in [1.807, 2.05) is 37.3 Å². The van der Waals surface area contributed by atoms with E-state index in [1.54, 1.807) is 43.5 Å². The molecule has 2 heterocycles. The highest BCUT2D eigenvalue weighted by molar-refractivity contribution is 6.02. The van der Waals surface area contributed by atoms with Gasteiger partial charge < -0.3 is 15.2 Å². The number of nitrogens with one attached hydrogen (secondary N) is 1. The summed E-state index contributed by atoms with van der Waals surface area (Å²) >= 11 is 0. The van der Waals surface area contributed by atoms with Gasteiger partial charge in [-0.05, 0) is 48.9 Å². The van der Waals surface area contributed by atoms with Crippen LogP contribution in [-0.2, 0) is 0 Å². The van der Waals surface area contributed by atoms with E-state index >= 15 is 0 Å². The van der Waals surface area contributed by atoms with Crippen molar-refractivity contribution in [1.82, 2.24) is 14.9 Å². The van der Waals surface area contributed by atoms with Crippen molar-refractivity contribution in [2.75, 3.05) is 7.11 Å². The number of methoxy groups -OCH3 is 1. The minimum atomic E-state index is -0.661. The van der Waals surface area contributed by atoms with E-state index in [0.29, 0.717) is 16.8 Å². The van der Waals surface area contributed by atoms with Gasteiger partial charge in [0, 0.05) is 6.20 Å². The first-order valence-electron chi connectivity index (χ1n) is 9.74. The number of benzene rings is 2. The van der Waals surface area contributed by atoms with Crippen molar-refractivity contribution < 1.29 is 14.6 Å². The van der Waals surface area contributed by atoms with Gasteiger partial charge in [0.25, 0.3) is 11.5 Å². The molecule has 7 heteroatoms. The zero-order valence-corrected chi connectivity index (χ0v) is 17.1. The van der Waals surface area contributed by atoms with Crippen molar-refractivity contribution in [3.8, 4) is 17.2 Å². The van der Waals surface area contributed by atoms with Gasteiger partial charge >= 0.3 is 0 Å². The Bertz CT molecular complexity index is 1300. The number of rotatable bonds is 5. The van der Waals surface area contributed by atoms with Crippen molar-refractivity contribution >= 4 is 16.9 Å². The van der Waals surface area contributed by atoms with Crippen molar-refractivity contribution in [2.45, 2.75) is 13.0 Å². The zero-order valence-electron chi connectivity index (χ0n) is 17.1. The molecule has 2 N–H and O–H groups in total. The lowest BCUT2D eigenvalue weighted by Crippen LogP contribution is -2.34. The summed E-state index contributed by atoms with van der Waals surface area (Å²) in [5, 5.41) is 13.9. The summed E-state index contributed by atoms with van der Waals surface area (Å²) in [6, 6.07) is 19.1. The normalized spacial score (nSPS) is 11.8. The van der Waals surface area contributed by atoms with Gasteiger partial charge in [0.1, 0.15) is 17.1 Å². The van der Waals surface area contributed by atoms with Gasteiger partial charge in [-0.15, -0.1) is 0 Å². The maximum Gasteiger partial charge on any atom is 0.273 e. The largest absolute Gasteiger partial charge is 0.506 e. The highest BCUT2D eigenvalue weighted by Gasteiger charge is 2.24. The van der Waals surface area contributed by atoms with Gasteiger partial charge in [0.2, 0.25) is 0 Å². The second kappa shape index (κ2) is 8.31. The molecule has 0 aliphatic rings. The van der Waals surface area contributed by atoms with E-state index in [2.05, 4.69) is 10.3 Å². The highest BCUT2D eigenvalue weighted by Crippen LogP contribution is 2.27. The van der Waals surface area contributed by atoms with Gasteiger partial charge in [-0.2, -0.15) is 0 Å². The monoisotopic (exact) mass is 415 g/mol. The molecule has 0 saturated heterocycles. The first-order valence-corrected chi connectivity index (χ1v) is 9.74. The molecule has 1 amide bonds. The van der Waals surface area contributed by atoms with Crippen LogP contribution >= 0.6 is 0 Å². The average Bonchev–Trinajstić information content (AvgIpc) is 2.80. The molecule has 0 fully saturated rings. The number of amides is 1. The molecule has 1 unspecified atom stereocenters. The molecule has 31 heavy (non-hydrogen) atoms. The number of aromatic hydroxyl groups is 1. The Morgan fingerprint density at radius 1 is 1.06 bits per heavy atom. The van der Waals surface area contributed by atoms with Crippen LogP contribution in [0, 0.1) is 0 Å². The molecular formula is C24H21N3O4. The smallest absolute Gasteiger partial charge is 0.273 e. The van der Waals surface area contributed by atoms with E-state index < -0.39 is 17.2 Å². The second-order valence-corrected chi connectivity index (χ2v) is 7.04. The predicted octanol–water partition coefficient (Wildman–Crippen LogP) is 3.59. The molecule has 0 radical (unpaired) electrons. The van der Waals surface area contributed by atoms with E-state index in [9.17, 15) is 14.7 Å². The van der Waals surface area contributed by atoms with Crippen LogP contribution in [0.4, 0.5) is 0 Å². The Morgan fingerprint density at radius 2 is 1.77 bits per heavy atom. The van der Waals surface area contributed by atoms with Crippen LogP contribution in [0.3, 0.4) is 0 Å². The highest BCUT2D eigenvalue weighted by atomic mass is 16.5. The van der Waals surface area contributed by atoms with Crippen LogP contribution in [0.25, 0.3) is 16.7 Å². The molecule has 4 aromatic rings. The Hall–Kier alpha value is -4.13.